The maximum atomic E-state index is 5.76. The molecule has 0 spiro atoms. The number of nitrogens with two attached hydrogens (primary N) is 1. The maximum absolute atomic E-state index is 5.76. The molecule has 1 atom stereocenters. The van der Waals surface area contributed by atoms with Crippen LogP contribution >= 0.6 is 0 Å². The van der Waals surface area contributed by atoms with Gasteiger partial charge in [-0.25, -0.2) is 9.50 Å². The van der Waals surface area contributed by atoms with Gasteiger partial charge in [0.1, 0.15) is 5.82 Å². The summed E-state index contributed by atoms with van der Waals surface area (Å²) < 4.78 is 1.79. The van der Waals surface area contributed by atoms with Gasteiger partial charge in [-0.3, -0.25) is 0 Å². The van der Waals surface area contributed by atoms with Crippen LogP contribution in [0.1, 0.15) is 12.8 Å². The number of hydrogen-bond donors (Lipinski definition) is 1. The minimum Gasteiger partial charge on any atom is -0.356 e. The lowest BCUT2D eigenvalue weighted by Gasteiger charge is -2.32. The molecule has 2 N–H and O–H groups in total. The molecule has 90 valence electrons. The van der Waals surface area contributed by atoms with Gasteiger partial charge in [-0.2, -0.15) is 5.10 Å². The normalized spacial score (nSPS) is 21.0. The van der Waals surface area contributed by atoms with Gasteiger partial charge in [-0.1, -0.05) is 0 Å². The minimum absolute atomic E-state index is 0.603. The molecule has 0 amide bonds. The van der Waals surface area contributed by atoms with Crippen LogP contribution < -0.4 is 10.6 Å². The van der Waals surface area contributed by atoms with E-state index in [1.54, 1.807) is 10.7 Å². The van der Waals surface area contributed by atoms with Gasteiger partial charge < -0.3 is 10.6 Å². The van der Waals surface area contributed by atoms with Gasteiger partial charge in [0.25, 0.3) is 0 Å². The van der Waals surface area contributed by atoms with Crippen LogP contribution in [0.2, 0.25) is 0 Å². The number of rotatable bonds is 2. The Balaban J connectivity index is 1.86. The molecule has 0 saturated carbocycles. The fraction of sp³-hybridized carbons (Fsp3) is 0.500. The Kier molecular flexibility index (Phi) is 2.68. The Hall–Kier alpha value is -1.62. The quantitative estimate of drug-likeness (QED) is 0.834. The van der Waals surface area contributed by atoms with Crippen molar-refractivity contribution in [2.75, 3.05) is 24.5 Å². The zero-order chi connectivity index (χ0) is 11.7. The largest absolute Gasteiger partial charge is 0.356 e. The van der Waals surface area contributed by atoms with Gasteiger partial charge in [-0.05, 0) is 31.4 Å². The van der Waals surface area contributed by atoms with Crippen molar-refractivity contribution in [2.24, 2.45) is 11.7 Å². The van der Waals surface area contributed by atoms with Gasteiger partial charge in [0.2, 0.25) is 0 Å². The van der Waals surface area contributed by atoms with Crippen LogP contribution in [0.4, 0.5) is 5.82 Å². The van der Waals surface area contributed by atoms with E-state index in [1.807, 2.05) is 18.3 Å². The highest BCUT2D eigenvalue weighted by atomic mass is 15.3. The zero-order valence-corrected chi connectivity index (χ0v) is 9.79. The van der Waals surface area contributed by atoms with Gasteiger partial charge in [0.05, 0.1) is 6.20 Å². The molecule has 17 heavy (non-hydrogen) atoms. The molecule has 0 radical (unpaired) electrons. The number of fused-ring (bicyclic) bond motifs is 1. The number of hydrogen-bond acceptors (Lipinski definition) is 4. The lowest BCUT2D eigenvalue weighted by Crippen LogP contribution is -2.38. The molecule has 1 aliphatic rings. The lowest BCUT2D eigenvalue weighted by atomic mass is 9.98. The molecular formula is C12H17N5. The van der Waals surface area contributed by atoms with Crippen LogP contribution in [-0.2, 0) is 0 Å². The average molecular weight is 231 g/mol. The van der Waals surface area contributed by atoms with Gasteiger partial charge in [0.15, 0.2) is 5.65 Å². The van der Waals surface area contributed by atoms with Crippen molar-refractivity contribution in [3.05, 3.63) is 24.5 Å². The molecule has 0 bridgehead atoms. The zero-order valence-electron chi connectivity index (χ0n) is 9.79. The van der Waals surface area contributed by atoms with E-state index in [0.29, 0.717) is 5.92 Å². The first kappa shape index (κ1) is 10.5. The Morgan fingerprint density at radius 3 is 3.24 bits per heavy atom. The van der Waals surface area contributed by atoms with Crippen LogP contribution in [0.3, 0.4) is 0 Å². The van der Waals surface area contributed by atoms with Crippen LogP contribution in [-0.4, -0.2) is 34.2 Å². The van der Waals surface area contributed by atoms with Crippen molar-refractivity contribution in [1.29, 1.82) is 0 Å². The van der Waals surface area contributed by atoms with Gasteiger partial charge in [-0.15, -0.1) is 0 Å². The summed E-state index contributed by atoms with van der Waals surface area (Å²) in [5.41, 5.74) is 6.66. The van der Waals surface area contributed by atoms with Gasteiger partial charge in [0, 0.05) is 25.4 Å². The molecule has 2 aromatic rings. The lowest BCUT2D eigenvalue weighted by molar-refractivity contribution is 0.422. The van der Waals surface area contributed by atoms with Crippen LogP contribution in [0, 0.1) is 5.92 Å². The third-order valence-corrected chi connectivity index (χ3v) is 3.42. The highest BCUT2D eigenvalue weighted by molar-refractivity contribution is 5.47. The van der Waals surface area contributed by atoms with E-state index in [0.717, 1.165) is 31.1 Å². The highest BCUT2D eigenvalue weighted by Gasteiger charge is 2.19. The first-order chi connectivity index (χ1) is 8.36. The second kappa shape index (κ2) is 4.33. The van der Waals surface area contributed by atoms with Crippen molar-refractivity contribution in [1.82, 2.24) is 14.6 Å². The van der Waals surface area contributed by atoms with Crippen molar-refractivity contribution in [3.63, 3.8) is 0 Å². The number of nitrogens with zero attached hydrogens (tertiary/aromatic N) is 4. The molecule has 0 aromatic carbocycles. The molecule has 3 rings (SSSR count). The maximum Gasteiger partial charge on any atom is 0.157 e. The smallest absolute Gasteiger partial charge is 0.157 e. The first-order valence-electron chi connectivity index (χ1n) is 6.12. The van der Waals surface area contributed by atoms with Crippen LogP contribution in [0.5, 0.6) is 0 Å². The molecule has 5 nitrogen and oxygen atoms in total. The van der Waals surface area contributed by atoms with E-state index in [-0.39, 0.29) is 0 Å². The van der Waals surface area contributed by atoms with Crippen molar-refractivity contribution in [3.8, 4) is 0 Å². The predicted octanol–water partition coefficient (Wildman–Crippen LogP) is 0.904. The molecule has 1 aliphatic heterocycles. The van der Waals surface area contributed by atoms with Crippen molar-refractivity contribution < 1.29 is 0 Å². The molecule has 3 heterocycles. The Morgan fingerprint density at radius 2 is 2.35 bits per heavy atom. The average Bonchev–Trinajstić information content (AvgIpc) is 2.86. The van der Waals surface area contributed by atoms with E-state index < -0.39 is 0 Å². The SMILES string of the molecule is NCC1CCCN(c2ccn3nccc3n2)C1. The third-order valence-electron chi connectivity index (χ3n) is 3.42. The van der Waals surface area contributed by atoms with Crippen LogP contribution in [0.15, 0.2) is 24.5 Å². The van der Waals surface area contributed by atoms with Gasteiger partial charge >= 0.3 is 0 Å². The highest BCUT2D eigenvalue weighted by Crippen LogP contribution is 2.21. The van der Waals surface area contributed by atoms with Crippen molar-refractivity contribution in [2.45, 2.75) is 12.8 Å². The topological polar surface area (TPSA) is 59.5 Å². The van der Waals surface area contributed by atoms with E-state index in [1.165, 1.54) is 12.8 Å². The number of aromatic nitrogens is 3. The molecule has 2 aromatic heterocycles. The van der Waals surface area contributed by atoms with E-state index >= 15 is 0 Å². The fourth-order valence-corrected chi connectivity index (χ4v) is 2.44. The Morgan fingerprint density at radius 1 is 1.41 bits per heavy atom. The summed E-state index contributed by atoms with van der Waals surface area (Å²) in [6.07, 6.45) is 6.17. The number of piperidine rings is 1. The molecule has 0 aliphatic carbocycles. The Bertz CT molecular complexity index is 506. The minimum atomic E-state index is 0.603. The van der Waals surface area contributed by atoms with E-state index in [9.17, 15) is 0 Å². The third kappa shape index (κ3) is 1.98. The summed E-state index contributed by atoms with van der Waals surface area (Å²) in [5, 5.41) is 4.15. The standard InChI is InChI=1S/C12H17N5/c13-8-10-2-1-6-16(9-10)11-4-7-17-12(15-11)3-5-14-17/h3-5,7,10H,1-2,6,8-9,13H2. The summed E-state index contributed by atoms with van der Waals surface area (Å²) in [7, 11) is 0. The molecule has 1 fully saturated rings. The summed E-state index contributed by atoms with van der Waals surface area (Å²) in [6.45, 7) is 2.87. The monoisotopic (exact) mass is 231 g/mol. The van der Waals surface area contributed by atoms with E-state index in [2.05, 4.69) is 15.0 Å². The fourth-order valence-electron chi connectivity index (χ4n) is 2.44. The number of anilines is 1. The van der Waals surface area contributed by atoms with Crippen molar-refractivity contribution >= 4 is 11.5 Å². The summed E-state index contributed by atoms with van der Waals surface area (Å²) in [6, 6.07) is 3.95. The summed E-state index contributed by atoms with van der Waals surface area (Å²) >= 11 is 0. The molecule has 1 saturated heterocycles. The molecule has 1 unspecified atom stereocenters. The summed E-state index contributed by atoms with van der Waals surface area (Å²) in [4.78, 5) is 6.94. The van der Waals surface area contributed by atoms with E-state index in [4.69, 9.17) is 5.73 Å². The first-order valence-corrected chi connectivity index (χ1v) is 6.12. The predicted molar refractivity (Wildman–Crippen MR) is 67.0 cm³/mol. The summed E-state index contributed by atoms with van der Waals surface area (Å²) in [5.74, 6) is 1.64. The molecular weight excluding hydrogens is 214 g/mol. The second-order valence-electron chi connectivity index (χ2n) is 4.61. The second-order valence-corrected chi connectivity index (χ2v) is 4.61. The molecule has 5 heteroatoms. The Labute approximate surface area is 100 Å². The van der Waals surface area contributed by atoms with Crippen LogP contribution in [0.25, 0.3) is 5.65 Å².